The van der Waals surface area contributed by atoms with Crippen LogP contribution in [0.1, 0.15) is 29.3 Å². The predicted octanol–water partition coefficient (Wildman–Crippen LogP) is 1.02. The molecular weight excluding hydrogens is 260 g/mol. The molecule has 0 saturated carbocycles. The fourth-order valence-corrected chi connectivity index (χ4v) is 2.09. The Hall–Kier alpha value is -2.37. The minimum atomic E-state index is -0.920. The molecule has 0 aliphatic carbocycles. The van der Waals surface area contributed by atoms with Crippen LogP contribution >= 0.6 is 0 Å². The number of hydrogen-bond acceptors (Lipinski definition) is 3. The second-order valence-electron chi connectivity index (χ2n) is 4.75. The van der Waals surface area contributed by atoms with Crippen molar-refractivity contribution in [3.05, 3.63) is 29.3 Å². The number of amides is 2. The van der Waals surface area contributed by atoms with E-state index in [0.29, 0.717) is 12.0 Å². The van der Waals surface area contributed by atoms with Crippen LogP contribution in [0, 0.1) is 5.92 Å². The number of rotatable bonds is 5. The number of carboxylic acids is 1. The zero-order chi connectivity index (χ0) is 14.7. The topological polar surface area (TPSA) is 95.5 Å². The molecule has 3 N–H and O–H groups in total. The van der Waals surface area contributed by atoms with Crippen LogP contribution in [0.5, 0.6) is 0 Å². The molecule has 1 aliphatic rings. The fourth-order valence-electron chi connectivity index (χ4n) is 2.09. The van der Waals surface area contributed by atoms with Gasteiger partial charge in [0.05, 0.1) is 12.3 Å². The standard InChI is InChI=1S/C14H16N2O4/c1-2-8(14(19)20)7-15-13(18)9-3-4-11-10(5-9)6-12(17)16-11/h3-5,8H,2,6-7H2,1H3,(H,15,18)(H,16,17)(H,19,20). The van der Waals surface area contributed by atoms with Gasteiger partial charge in [-0.05, 0) is 30.2 Å². The van der Waals surface area contributed by atoms with Gasteiger partial charge in [0.2, 0.25) is 5.91 Å². The predicted molar refractivity (Wildman–Crippen MR) is 72.5 cm³/mol. The van der Waals surface area contributed by atoms with Crippen LogP contribution in [-0.4, -0.2) is 29.4 Å². The summed E-state index contributed by atoms with van der Waals surface area (Å²) in [4.78, 5) is 34.1. The molecule has 0 bridgehead atoms. The molecule has 6 nitrogen and oxygen atoms in total. The van der Waals surface area contributed by atoms with Gasteiger partial charge in [-0.2, -0.15) is 0 Å². The van der Waals surface area contributed by atoms with Gasteiger partial charge in [-0.3, -0.25) is 14.4 Å². The average Bonchev–Trinajstić information content (AvgIpc) is 2.77. The summed E-state index contributed by atoms with van der Waals surface area (Å²) in [7, 11) is 0. The van der Waals surface area contributed by atoms with E-state index < -0.39 is 11.9 Å². The highest BCUT2D eigenvalue weighted by atomic mass is 16.4. The van der Waals surface area contributed by atoms with Crippen molar-refractivity contribution in [2.24, 2.45) is 5.92 Å². The first-order chi connectivity index (χ1) is 9.51. The number of carbonyl (C=O) groups excluding carboxylic acids is 2. The van der Waals surface area contributed by atoms with Gasteiger partial charge in [0.25, 0.3) is 5.91 Å². The van der Waals surface area contributed by atoms with Crippen molar-refractivity contribution in [1.82, 2.24) is 5.32 Å². The molecule has 2 amide bonds. The molecule has 1 unspecified atom stereocenters. The van der Waals surface area contributed by atoms with Gasteiger partial charge < -0.3 is 15.7 Å². The zero-order valence-corrected chi connectivity index (χ0v) is 11.1. The summed E-state index contributed by atoms with van der Waals surface area (Å²) in [5, 5.41) is 14.2. The number of hydrogen-bond donors (Lipinski definition) is 3. The van der Waals surface area contributed by atoms with Gasteiger partial charge in [0.1, 0.15) is 0 Å². The summed E-state index contributed by atoms with van der Waals surface area (Å²) >= 11 is 0. The normalized spacial score (nSPS) is 14.3. The molecule has 1 aromatic carbocycles. The molecule has 0 aromatic heterocycles. The lowest BCUT2D eigenvalue weighted by atomic mass is 10.1. The average molecular weight is 276 g/mol. The van der Waals surface area contributed by atoms with Crippen LogP contribution in [-0.2, 0) is 16.0 Å². The quantitative estimate of drug-likeness (QED) is 0.748. The van der Waals surface area contributed by atoms with Crippen molar-refractivity contribution in [3.8, 4) is 0 Å². The Morgan fingerprint density at radius 1 is 1.45 bits per heavy atom. The molecule has 1 aromatic rings. The van der Waals surface area contributed by atoms with E-state index in [2.05, 4.69) is 10.6 Å². The van der Waals surface area contributed by atoms with E-state index in [-0.39, 0.29) is 24.8 Å². The zero-order valence-electron chi connectivity index (χ0n) is 11.1. The van der Waals surface area contributed by atoms with E-state index >= 15 is 0 Å². The molecule has 1 heterocycles. The lowest BCUT2D eigenvalue weighted by Crippen LogP contribution is -2.32. The monoisotopic (exact) mass is 276 g/mol. The first-order valence-corrected chi connectivity index (χ1v) is 6.45. The highest BCUT2D eigenvalue weighted by Gasteiger charge is 2.20. The van der Waals surface area contributed by atoms with Gasteiger partial charge in [-0.25, -0.2) is 0 Å². The highest BCUT2D eigenvalue weighted by molar-refractivity contribution is 6.01. The van der Waals surface area contributed by atoms with E-state index in [1.165, 1.54) is 0 Å². The van der Waals surface area contributed by atoms with E-state index in [0.717, 1.165) is 11.3 Å². The van der Waals surface area contributed by atoms with Crippen molar-refractivity contribution < 1.29 is 19.5 Å². The Balaban J connectivity index is 2.02. The number of carboxylic acid groups (broad SMARTS) is 1. The SMILES string of the molecule is CCC(CNC(=O)c1ccc2c(c1)CC(=O)N2)C(=O)O. The molecule has 0 fully saturated rings. The van der Waals surface area contributed by atoms with E-state index in [1.807, 2.05) is 0 Å². The molecule has 106 valence electrons. The Bertz CT molecular complexity index is 568. The second kappa shape index (κ2) is 5.73. The van der Waals surface area contributed by atoms with Crippen LogP contribution in [0.15, 0.2) is 18.2 Å². The summed E-state index contributed by atoms with van der Waals surface area (Å²) in [6.07, 6.45) is 0.724. The minimum Gasteiger partial charge on any atom is -0.481 e. The van der Waals surface area contributed by atoms with E-state index in [4.69, 9.17) is 5.11 Å². The Labute approximate surface area is 116 Å². The third kappa shape index (κ3) is 2.96. The van der Waals surface area contributed by atoms with Gasteiger partial charge in [0.15, 0.2) is 0 Å². The lowest BCUT2D eigenvalue weighted by Gasteiger charge is -2.11. The molecule has 1 atom stereocenters. The number of benzene rings is 1. The van der Waals surface area contributed by atoms with Gasteiger partial charge >= 0.3 is 5.97 Å². The Morgan fingerprint density at radius 2 is 2.20 bits per heavy atom. The maximum absolute atomic E-state index is 12.0. The maximum atomic E-state index is 12.0. The molecule has 0 spiro atoms. The van der Waals surface area contributed by atoms with E-state index in [1.54, 1.807) is 25.1 Å². The molecule has 20 heavy (non-hydrogen) atoms. The van der Waals surface area contributed by atoms with Crippen LogP contribution in [0.3, 0.4) is 0 Å². The molecule has 2 rings (SSSR count). The number of nitrogens with one attached hydrogen (secondary N) is 2. The number of aliphatic carboxylic acids is 1. The summed E-state index contributed by atoms with van der Waals surface area (Å²) in [5.74, 6) is -1.92. The van der Waals surface area contributed by atoms with Gasteiger partial charge in [0, 0.05) is 17.8 Å². The first-order valence-electron chi connectivity index (χ1n) is 6.45. The van der Waals surface area contributed by atoms with Crippen LogP contribution in [0.2, 0.25) is 0 Å². The fraction of sp³-hybridized carbons (Fsp3) is 0.357. The third-order valence-corrected chi connectivity index (χ3v) is 3.34. The third-order valence-electron chi connectivity index (χ3n) is 3.34. The first kappa shape index (κ1) is 14.0. The largest absolute Gasteiger partial charge is 0.481 e. The molecule has 0 radical (unpaired) electrons. The number of carbonyl (C=O) groups is 3. The summed E-state index contributed by atoms with van der Waals surface area (Å²) in [6, 6.07) is 4.95. The van der Waals surface area contributed by atoms with Crippen molar-refractivity contribution in [2.75, 3.05) is 11.9 Å². The van der Waals surface area contributed by atoms with E-state index in [9.17, 15) is 14.4 Å². The number of anilines is 1. The summed E-state index contributed by atoms with van der Waals surface area (Å²) < 4.78 is 0. The smallest absolute Gasteiger partial charge is 0.308 e. The molecule has 6 heteroatoms. The van der Waals surface area contributed by atoms with Gasteiger partial charge in [-0.1, -0.05) is 6.92 Å². The van der Waals surface area contributed by atoms with Crippen molar-refractivity contribution in [2.45, 2.75) is 19.8 Å². The second-order valence-corrected chi connectivity index (χ2v) is 4.75. The summed E-state index contributed by atoms with van der Waals surface area (Å²) in [5.41, 5.74) is 1.94. The van der Waals surface area contributed by atoms with Crippen molar-refractivity contribution >= 4 is 23.5 Å². The number of fused-ring (bicyclic) bond motifs is 1. The Morgan fingerprint density at radius 3 is 2.85 bits per heavy atom. The van der Waals surface area contributed by atoms with Gasteiger partial charge in [-0.15, -0.1) is 0 Å². The minimum absolute atomic E-state index is 0.0884. The molecular formula is C14H16N2O4. The van der Waals surface area contributed by atoms with Crippen LogP contribution in [0.25, 0.3) is 0 Å². The molecule has 1 aliphatic heterocycles. The maximum Gasteiger partial charge on any atom is 0.308 e. The van der Waals surface area contributed by atoms with Crippen LogP contribution in [0.4, 0.5) is 5.69 Å². The van der Waals surface area contributed by atoms with Crippen molar-refractivity contribution in [1.29, 1.82) is 0 Å². The summed E-state index contributed by atoms with van der Waals surface area (Å²) in [6.45, 7) is 1.86. The Kier molecular flexibility index (Phi) is 4.02. The molecule has 0 saturated heterocycles. The lowest BCUT2D eigenvalue weighted by molar-refractivity contribution is -0.141. The van der Waals surface area contributed by atoms with Crippen molar-refractivity contribution in [3.63, 3.8) is 0 Å². The highest BCUT2D eigenvalue weighted by Crippen LogP contribution is 2.23. The van der Waals surface area contributed by atoms with Crippen LogP contribution < -0.4 is 10.6 Å².